The Morgan fingerprint density at radius 3 is 2.71 bits per heavy atom. The van der Waals surface area contributed by atoms with Crippen LogP contribution in [0.4, 0.5) is 24.5 Å². The van der Waals surface area contributed by atoms with E-state index in [1.807, 2.05) is 0 Å². The number of benzene rings is 1. The highest BCUT2D eigenvalue weighted by Crippen LogP contribution is 2.32. The molecule has 6 heteroatoms. The second kappa shape index (κ2) is 4.73. The van der Waals surface area contributed by atoms with Gasteiger partial charge in [-0.2, -0.15) is 8.78 Å². The van der Waals surface area contributed by atoms with E-state index in [0.29, 0.717) is 18.2 Å². The summed E-state index contributed by atoms with van der Waals surface area (Å²) in [5.74, 6) is -0.786. The smallest absolute Gasteiger partial charge is 0.387 e. The summed E-state index contributed by atoms with van der Waals surface area (Å²) in [6.45, 7) is -2.34. The minimum Gasteiger partial charge on any atom is -0.432 e. The molecule has 3 N–H and O–H groups in total. The van der Waals surface area contributed by atoms with Gasteiger partial charge in [0, 0.05) is 18.7 Å². The van der Waals surface area contributed by atoms with Gasteiger partial charge in [0.1, 0.15) is 0 Å². The summed E-state index contributed by atoms with van der Waals surface area (Å²) in [4.78, 5) is 0. The predicted octanol–water partition coefficient (Wildman–Crippen LogP) is 2.83. The van der Waals surface area contributed by atoms with Gasteiger partial charge in [0.05, 0.1) is 11.4 Å². The van der Waals surface area contributed by atoms with Crippen LogP contribution in [0.15, 0.2) is 12.1 Å². The van der Waals surface area contributed by atoms with Gasteiger partial charge in [0.2, 0.25) is 0 Å². The molecule has 1 aromatic rings. The number of anilines is 2. The average molecular weight is 246 g/mol. The molecular formula is C11H13F3N2O. The third-order valence-electron chi connectivity index (χ3n) is 2.60. The first-order chi connectivity index (χ1) is 8.06. The van der Waals surface area contributed by atoms with Gasteiger partial charge in [-0.25, -0.2) is 4.39 Å². The van der Waals surface area contributed by atoms with Crippen LogP contribution in [0.3, 0.4) is 0 Å². The van der Waals surface area contributed by atoms with E-state index in [0.717, 1.165) is 18.9 Å². The van der Waals surface area contributed by atoms with Crippen LogP contribution >= 0.6 is 0 Å². The lowest BCUT2D eigenvalue weighted by atomic mass is 10.2. The fourth-order valence-corrected chi connectivity index (χ4v) is 1.48. The topological polar surface area (TPSA) is 47.3 Å². The van der Waals surface area contributed by atoms with Crippen LogP contribution in [0, 0.1) is 11.7 Å². The molecule has 3 nitrogen and oxygen atoms in total. The molecule has 0 aromatic heterocycles. The van der Waals surface area contributed by atoms with Gasteiger partial charge in [-0.3, -0.25) is 0 Å². The minimum atomic E-state index is -3.05. The Kier molecular flexibility index (Phi) is 3.31. The minimum absolute atomic E-state index is 0.185. The van der Waals surface area contributed by atoms with Crippen molar-refractivity contribution >= 4 is 11.4 Å². The van der Waals surface area contributed by atoms with Crippen molar-refractivity contribution in [2.75, 3.05) is 17.6 Å². The first kappa shape index (κ1) is 11.9. The van der Waals surface area contributed by atoms with Gasteiger partial charge in [0.15, 0.2) is 11.6 Å². The van der Waals surface area contributed by atoms with Crippen LogP contribution < -0.4 is 15.8 Å². The molecule has 0 atom stereocenters. The summed E-state index contributed by atoms with van der Waals surface area (Å²) in [5.41, 5.74) is 6.19. The molecule has 0 bridgehead atoms. The maximum atomic E-state index is 13.2. The van der Waals surface area contributed by atoms with Crippen LogP contribution in [0.5, 0.6) is 5.75 Å². The normalized spacial score (nSPS) is 15.1. The highest BCUT2D eigenvalue weighted by molar-refractivity contribution is 5.68. The summed E-state index contributed by atoms with van der Waals surface area (Å²) >= 11 is 0. The van der Waals surface area contributed by atoms with E-state index in [4.69, 9.17) is 5.73 Å². The Hall–Kier alpha value is -1.59. The molecule has 1 aromatic carbocycles. The zero-order chi connectivity index (χ0) is 12.4. The molecule has 1 fully saturated rings. The Morgan fingerprint density at radius 1 is 1.41 bits per heavy atom. The van der Waals surface area contributed by atoms with Crippen molar-refractivity contribution in [2.24, 2.45) is 5.92 Å². The molecule has 0 radical (unpaired) electrons. The van der Waals surface area contributed by atoms with Gasteiger partial charge in [0.25, 0.3) is 0 Å². The number of hydrogen-bond donors (Lipinski definition) is 2. The van der Waals surface area contributed by atoms with Crippen LogP contribution in [0.2, 0.25) is 0 Å². The van der Waals surface area contributed by atoms with E-state index in [9.17, 15) is 13.2 Å². The lowest BCUT2D eigenvalue weighted by Gasteiger charge is -2.12. The molecule has 1 aliphatic rings. The van der Waals surface area contributed by atoms with E-state index in [1.54, 1.807) is 0 Å². The maximum Gasteiger partial charge on any atom is 0.387 e. The molecule has 2 rings (SSSR count). The van der Waals surface area contributed by atoms with Crippen LogP contribution in [-0.4, -0.2) is 13.2 Å². The molecule has 0 spiro atoms. The molecule has 0 heterocycles. The molecule has 17 heavy (non-hydrogen) atoms. The van der Waals surface area contributed by atoms with Crippen molar-refractivity contribution in [3.05, 3.63) is 17.9 Å². The van der Waals surface area contributed by atoms with Crippen molar-refractivity contribution < 1.29 is 17.9 Å². The van der Waals surface area contributed by atoms with Gasteiger partial charge < -0.3 is 15.8 Å². The van der Waals surface area contributed by atoms with Crippen molar-refractivity contribution in [3.8, 4) is 5.75 Å². The van der Waals surface area contributed by atoms with E-state index in [-0.39, 0.29) is 5.69 Å². The first-order valence-electron chi connectivity index (χ1n) is 5.34. The third kappa shape index (κ3) is 3.18. The predicted molar refractivity (Wildman–Crippen MR) is 58.7 cm³/mol. The zero-order valence-electron chi connectivity index (χ0n) is 9.05. The Morgan fingerprint density at radius 2 is 2.12 bits per heavy atom. The molecule has 1 saturated carbocycles. The number of nitrogens with two attached hydrogens (primary N) is 1. The van der Waals surface area contributed by atoms with Gasteiger partial charge >= 0.3 is 6.61 Å². The Balaban J connectivity index is 2.12. The van der Waals surface area contributed by atoms with E-state index in [1.165, 1.54) is 6.07 Å². The number of hydrogen-bond acceptors (Lipinski definition) is 3. The SMILES string of the molecule is Nc1cc(F)c(OC(F)F)cc1NCC1CC1. The molecule has 1 aliphatic carbocycles. The summed E-state index contributed by atoms with van der Waals surface area (Å²) in [6.07, 6.45) is 2.29. The number of nitrogen functional groups attached to an aromatic ring is 1. The molecule has 0 aliphatic heterocycles. The van der Waals surface area contributed by atoms with Gasteiger partial charge in [-0.15, -0.1) is 0 Å². The molecule has 0 unspecified atom stereocenters. The number of rotatable bonds is 5. The number of halogens is 3. The van der Waals surface area contributed by atoms with Crippen molar-refractivity contribution in [3.63, 3.8) is 0 Å². The molecule has 0 saturated heterocycles. The second-order valence-corrected chi connectivity index (χ2v) is 4.07. The summed E-state index contributed by atoms with van der Waals surface area (Å²) in [6, 6.07) is 2.14. The van der Waals surface area contributed by atoms with Crippen molar-refractivity contribution in [2.45, 2.75) is 19.5 Å². The van der Waals surface area contributed by atoms with E-state index >= 15 is 0 Å². The second-order valence-electron chi connectivity index (χ2n) is 4.07. The van der Waals surface area contributed by atoms with Crippen molar-refractivity contribution in [1.29, 1.82) is 0 Å². The van der Waals surface area contributed by atoms with Crippen LogP contribution in [0.25, 0.3) is 0 Å². The quantitative estimate of drug-likeness (QED) is 0.785. The first-order valence-corrected chi connectivity index (χ1v) is 5.34. The molecule has 0 amide bonds. The lowest BCUT2D eigenvalue weighted by molar-refractivity contribution is -0.0521. The summed E-state index contributed by atoms with van der Waals surface area (Å²) in [5, 5.41) is 3.00. The standard InChI is InChI=1S/C11H13F3N2O/c12-7-3-8(15)9(16-5-6-1-2-6)4-10(7)17-11(13)14/h3-4,6,11,16H,1-2,5,15H2. The molecule has 94 valence electrons. The van der Waals surface area contributed by atoms with Crippen LogP contribution in [-0.2, 0) is 0 Å². The van der Waals surface area contributed by atoms with Gasteiger partial charge in [-0.1, -0.05) is 0 Å². The fraction of sp³-hybridized carbons (Fsp3) is 0.455. The lowest BCUT2D eigenvalue weighted by Crippen LogP contribution is -2.08. The van der Waals surface area contributed by atoms with E-state index < -0.39 is 18.2 Å². The number of nitrogens with one attached hydrogen (secondary N) is 1. The maximum absolute atomic E-state index is 13.2. The molecular weight excluding hydrogens is 233 g/mol. The largest absolute Gasteiger partial charge is 0.432 e. The highest BCUT2D eigenvalue weighted by atomic mass is 19.3. The number of alkyl halides is 2. The Bertz CT molecular complexity index is 408. The third-order valence-corrected chi connectivity index (χ3v) is 2.60. The van der Waals surface area contributed by atoms with Crippen molar-refractivity contribution in [1.82, 2.24) is 0 Å². The highest BCUT2D eigenvalue weighted by Gasteiger charge is 2.21. The summed E-state index contributed by atoms with van der Waals surface area (Å²) in [7, 11) is 0. The Labute approximate surface area is 96.8 Å². The van der Waals surface area contributed by atoms with Gasteiger partial charge in [-0.05, 0) is 18.8 Å². The fourth-order valence-electron chi connectivity index (χ4n) is 1.48. The van der Waals surface area contributed by atoms with E-state index in [2.05, 4.69) is 10.1 Å². The zero-order valence-corrected chi connectivity index (χ0v) is 9.05. The number of ether oxygens (including phenoxy) is 1. The van der Waals surface area contributed by atoms with Crippen LogP contribution in [0.1, 0.15) is 12.8 Å². The average Bonchev–Trinajstić information content (AvgIpc) is 3.03. The monoisotopic (exact) mass is 246 g/mol. The summed E-state index contributed by atoms with van der Waals surface area (Å²) < 4.78 is 41.3.